The predicted molar refractivity (Wildman–Crippen MR) is 96.3 cm³/mol. The quantitative estimate of drug-likeness (QED) is 0.865. The van der Waals surface area contributed by atoms with Gasteiger partial charge in [0.25, 0.3) is 0 Å². The van der Waals surface area contributed by atoms with Gasteiger partial charge in [-0.05, 0) is 67.6 Å². The minimum Gasteiger partial charge on any atom is -0.212 e. The lowest BCUT2D eigenvalue weighted by Gasteiger charge is -2.18. The van der Waals surface area contributed by atoms with Crippen LogP contribution in [-0.4, -0.2) is 8.42 Å². The number of hydrogen-bond donors (Lipinski definition) is 1. The van der Waals surface area contributed by atoms with Crippen LogP contribution in [-0.2, 0) is 15.8 Å². The van der Waals surface area contributed by atoms with E-state index in [1.807, 2.05) is 20.8 Å². The van der Waals surface area contributed by atoms with E-state index >= 15 is 0 Å². The van der Waals surface area contributed by atoms with E-state index in [-0.39, 0.29) is 11.8 Å². The van der Waals surface area contributed by atoms with Crippen LogP contribution in [0.25, 0.3) is 0 Å². The summed E-state index contributed by atoms with van der Waals surface area (Å²) in [6, 6.07) is 10.7. The molecule has 1 N–H and O–H groups in total. The van der Waals surface area contributed by atoms with Crippen LogP contribution in [0.2, 0.25) is 5.02 Å². The number of hydrogen-bond acceptors (Lipinski definition) is 2. The van der Waals surface area contributed by atoms with Gasteiger partial charge in [-0.2, -0.15) is 0 Å². The molecular weight excluding hydrogens is 330 g/mol. The number of aryl methyl sites for hydroxylation is 3. The van der Waals surface area contributed by atoms with Crippen LogP contribution in [0.5, 0.6) is 0 Å². The normalized spacial score (nSPS) is 13.1. The molecule has 0 aromatic heterocycles. The summed E-state index contributed by atoms with van der Waals surface area (Å²) in [6.45, 7) is 7.97. The van der Waals surface area contributed by atoms with Crippen molar-refractivity contribution in [1.82, 2.24) is 4.72 Å². The third kappa shape index (κ3) is 4.80. The number of sulfonamides is 1. The van der Waals surface area contributed by atoms with Crippen molar-refractivity contribution in [1.29, 1.82) is 0 Å². The monoisotopic (exact) mass is 351 g/mol. The van der Waals surface area contributed by atoms with Crippen LogP contribution in [0.15, 0.2) is 36.4 Å². The van der Waals surface area contributed by atoms with Gasteiger partial charge in [0.15, 0.2) is 0 Å². The van der Waals surface area contributed by atoms with Gasteiger partial charge >= 0.3 is 0 Å². The zero-order valence-corrected chi connectivity index (χ0v) is 15.4. The average molecular weight is 352 g/mol. The molecule has 3 nitrogen and oxygen atoms in total. The fourth-order valence-corrected chi connectivity index (χ4v) is 4.13. The van der Waals surface area contributed by atoms with Crippen molar-refractivity contribution in [3.05, 3.63) is 69.2 Å². The molecule has 0 spiro atoms. The lowest BCUT2D eigenvalue weighted by atomic mass is 9.97. The lowest BCUT2D eigenvalue weighted by molar-refractivity contribution is 0.565. The molecule has 0 bridgehead atoms. The SMILES string of the molecule is Cc1cc(C)c(C(C)NS(=O)(=O)Cc2ccc(Cl)cc2)cc1C. The number of benzene rings is 2. The molecule has 0 amide bonds. The molecule has 2 rings (SSSR count). The molecule has 0 saturated carbocycles. The Labute approximate surface area is 143 Å². The van der Waals surface area contributed by atoms with Gasteiger partial charge in [0, 0.05) is 11.1 Å². The van der Waals surface area contributed by atoms with Gasteiger partial charge in [0.1, 0.15) is 0 Å². The van der Waals surface area contributed by atoms with Crippen LogP contribution in [0.4, 0.5) is 0 Å². The molecule has 0 heterocycles. The summed E-state index contributed by atoms with van der Waals surface area (Å²) in [5, 5.41) is 0.596. The first-order valence-corrected chi connectivity index (χ1v) is 9.53. The van der Waals surface area contributed by atoms with Crippen molar-refractivity contribution in [2.45, 2.75) is 39.5 Å². The third-order valence-electron chi connectivity index (χ3n) is 3.98. The minimum atomic E-state index is -3.43. The van der Waals surface area contributed by atoms with E-state index in [9.17, 15) is 8.42 Å². The maximum Gasteiger partial charge on any atom is 0.216 e. The Kier molecular flexibility index (Phi) is 5.50. The first-order valence-electron chi connectivity index (χ1n) is 7.50. The number of halogens is 1. The second-order valence-electron chi connectivity index (χ2n) is 6.02. The summed E-state index contributed by atoms with van der Waals surface area (Å²) in [4.78, 5) is 0. The van der Waals surface area contributed by atoms with Crippen LogP contribution in [0.3, 0.4) is 0 Å². The molecule has 0 aliphatic rings. The van der Waals surface area contributed by atoms with Crippen LogP contribution >= 0.6 is 11.6 Å². The van der Waals surface area contributed by atoms with Crippen molar-refractivity contribution in [2.24, 2.45) is 0 Å². The highest BCUT2D eigenvalue weighted by molar-refractivity contribution is 7.88. The van der Waals surface area contributed by atoms with Gasteiger partial charge in [-0.1, -0.05) is 35.9 Å². The second kappa shape index (κ2) is 7.04. The molecule has 0 saturated heterocycles. The Balaban J connectivity index is 2.16. The van der Waals surface area contributed by atoms with E-state index in [2.05, 4.69) is 23.8 Å². The van der Waals surface area contributed by atoms with Gasteiger partial charge in [-0.3, -0.25) is 0 Å². The Morgan fingerprint density at radius 1 is 1.00 bits per heavy atom. The summed E-state index contributed by atoms with van der Waals surface area (Å²) in [7, 11) is -3.43. The molecule has 0 aliphatic carbocycles. The Morgan fingerprint density at radius 3 is 2.17 bits per heavy atom. The summed E-state index contributed by atoms with van der Waals surface area (Å²) in [5.41, 5.74) is 5.19. The molecule has 1 atom stereocenters. The Hall–Kier alpha value is -1.36. The van der Waals surface area contributed by atoms with Crippen LogP contribution in [0, 0.1) is 20.8 Å². The standard InChI is InChI=1S/C18H22ClNO2S/c1-12-9-14(3)18(10-13(12)2)15(4)20-23(21,22)11-16-5-7-17(19)8-6-16/h5-10,15,20H,11H2,1-4H3. The van der Waals surface area contributed by atoms with Crippen molar-refractivity contribution in [2.75, 3.05) is 0 Å². The van der Waals surface area contributed by atoms with Gasteiger partial charge in [0.05, 0.1) is 5.75 Å². The van der Waals surface area contributed by atoms with Crippen molar-refractivity contribution < 1.29 is 8.42 Å². The van der Waals surface area contributed by atoms with Crippen LogP contribution < -0.4 is 4.72 Å². The van der Waals surface area contributed by atoms with E-state index < -0.39 is 10.0 Å². The zero-order chi connectivity index (χ0) is 17.2. The van der Waals surface area contributed by atoms with Gasteiger partial charge in [0.2, 0.25) is 10.0 Å². The average Bonchev–Trinajstić information content (AvgIpc) is 2.44. The summed E-state index contributed by atoms with van der Waals surface area (Å²) >= 11 is 5.83. The first kappa shape index (κ1) is 18.0. The van der Waals surface area contributed by atoms with Gasteiger partial charge in [-0.15, -0.1) is 0 Å². The maximum atomic E-state index is 12.4. The van der Waals surface area contributed by atoms with Crippen molar-refractivity contribution in [3.8, 4) is 0 Å². The van der Waals surface area contributed by atoms with Crippen LogP contribution in [0.1, 0.15) is 40.8 Å². The van der Waals surface area contributed by atoms with E-state index in [1.165, 1.54) is 5.56 Å². The molecule has 2 aromatic carbocycles. The lowest BCUT2D eigenvalue weighted by Crippen LogP contribution is -2.28. The number of nitrogens with one attached hydrogen (secondary N) is 1. The highest BCUT2D eigenvalue weighted by atomic mass is 35.5. The molecule has 2 aromatic rings. The summed E-state index contributed by atoms with van der Waals surface area (Å²) < 4.78 is 27.5. The van der Waals surface area contributed by atoms with Crippen molar-refractivity contribution in [3.63, 3.8) is 0 Å². The Morgan fingerprint density at radius 2 is 1.57 bits per heavy atom. The first-order chi connectivity index (χ1) is 10.7. The molecule has 23 heavy (non-hydrogen) atoms. The fraction of sp³-hybridized carbons (Fsp3) is 0.333. The zero-order valence-electron chi connectivity index (χ0n) is 13.9. The van der Waals surface area contributed by atoms with E-state index in [4.69, 9.17) is 11.6 Å². The largest absolute Gasteiger partial charge is 0.216 e. The predicted octanol–water partition coefficient (Wildman–Crippen LogP) is 4.45. The summed E-state index contributed by atoms with van der Waals surface area (Å²) in [6.07, 6.45) is 0. The highest BCUT2D eigenvalue weighted by Crippen LogP contribution is 2.23. The smallest absolute Gasteiger partial charge is 0.212 e. The van der Waals surface area contributed by atoms with Gasteiger partial charge < -0.3 is 0 Å². The topological polar surface area (TPSA) is 46.2 Å². The molecule has 1 unspecified atom stereocenters. The minimum absolute atomic E-state index is 0.0571. The molecule has 0 aliphatic heterocycles. The van der Waals surface area contributed by atoms with Gasteiger partial charge in [-0.25, -0.2) is 13.1 Å². The molecule has 0 radical (unpaired) electrons. The van der Waals surface area contributed by atoms with Crippen molar-refractivity contribution >= 4 is 21.6 Å². The summed E-state index contributed by atoms with van der Waals surface area (Å²) in [5.74, 6) is -0.0571. The van der Waals surface area contributed by atoms with E-state index in [0.29, 0.717) is 10.6 Å². The molecular formula is C18H22ClNO2S. The van der Waals surface area contributed by atoms with E-state index in [1.54, 1.807) is 24.3 Å². The third-order valence-corrected chi connectivity index (χ3v) is 5.65. The highest BCUT2D eigenvalue weighted by Gasteiger charge is 2.18. The second-order valence-corrected chi connectivity index (χ2v) is 8.21. The number of rotatable bonds is 5. The molecule has 5 heteroatoms. The molecule has 124 valence electrons. The fourth-order valence-electron chi connectivity index (χ4n) is 2.62. The maximum absolute atomic E-state index is 12.4. The Bertz CT molecular complexity index is 799. The molecule has 0 fully saturated rings. The van der Waals surface area contributed by atoms with E-state index in [0.717, 1.165) is 16.7 Å².